The number of aliphatic hydroxyl groups is 1. The molecule has 1 amide bonds. The van der Waals surface area contributed by atoms with Crippen molar-refractivity contribution >= 4 is 12.1 Å². The van der Waals surface area contributed by atoms with Crippen LogP contribution in [0, 0.1) is 11.8 Å². The molecule has 6 nitrogen and oxygen atoms in total. The first kappa shape index (κ1) is 16.1. The van der Waals surface area contributed by atoms with Crippen molar-refractivity contribution < 1.29 is 24.2 Å². The highest BCUT2D eigenvalue weighted by Gasteiger charge is 2.60. The van der Waals surface area contributed by atoms with Crippen molar-refractivity contribution in [3.63, 3.8) is 0 Å². The van der Waals surface area contributed by atoms with Gasteiger partial charge in [-0.2, -0.15) is 0 Å². The lowest BCUT2D eigenvalue weighted by Gasteiger charge is -2.39. The Kier molecular flexibility index (Phi) is 4.19. The molecule has 5 atom stereocenters. The normalized spacial score (nSPS) is 35.0. The van der Waals surface area contributed by atoms with Gasteiger partial charge in [-0.15, -0.1) is 0 Å². The van der Waals surface area contributed by atoms with Gasteiger partial charge in [-0.3, -0.25) is 4.90 Å². The molecule has 2 bridgehead atoms. The van der Waals surface area contributed by atoms with E-state index in [1.165, 1.54) is 4.90 Å². The van der Waals surface area contributed by atoms with Crippen LogP contribution in [-0.4, -0.2) is 52.5 Å². The van der Waals surface area contributed by atoms with E-state index in [1.54, 1.807) is 27.7 Å². The molecule has 2 aliphatic rings. The first-order valence-corrected chi connectivity index (χ1v) is 7.53. The number of hydrogen-bond donors (Lipinski definition) is 1. The van der Waals surface area contributed by atoms with Gasteiger partial charge < -0.3 is 14.6 Å². The first-order chi connectivity index (χ1) is 9.67. The monoisotopic (exact) mass is 299 g/mol. The number of likely N-dealkylation sites (tertiary alicyclic amines) is 1. The molecule has 2 rings (SSSR count). The Balaban J connectivity index is 2.24. The SMILES string of the molecule is CCOC(=O)[C@@H]1[C@@H]2C[C@@H](C(C)C2O)N1C(=O)OC(C)(C)C. The van der Waals surface area contributed by atoms with E-state index in [1.807, 2.05) is 6.92 Å². The fourth-order valence-electron chi connectivity index (χ4n) is 3.43. The second-order valence-electron chi connectivity index (χ2n) is 6.90. The van der Waals surface area contributed by atoms with Crippen LogP contribution in [0.2, 0.25) is 0 Å². The number of carbonyl (C=O) groups is 2. The molecule has 1 aliphatic carbocycles. The van der Waals surface area contributed by atoms with Crippen LogP contribution in [0.3, 0.4) is 0 Å². The van der Waals surface area contributed by atoms with Crippen molar-refractivity contribution in [1.29, 1.82) is 0 Å². The van der Waals surface area contributed by atoms with Crippen LogP contribution in [0.4, 0.5) is 4.79 Å². The molecule has 0 radical (unpaired) electrons. The van der Waals surface area contributed by atoms with Gasteiger partial charge in [0.25, 0.3) is 0 Å². The minimum absolute atomic E-state index is 0.0619. The molecule has 0 spiro atoms. The maximum atomic E-state index is 12.4. The van der Waals surface area contributed by atoms with Crippen LogP contribution < -0.4 is 0 Å². The van der Waals surface area contributed by atoms with E-state index in [4.69, 9.17) is 9.47 Å². The van der Waals surface area contributed by atoms with Crippen molar-refractivity contribution in [3.05, 3.63) is 0 Å². The summed E-state index contributed by atoms with van der Waals surface area (Å²) in [5.74, 6) is -0.786. The zero-order valence-electron chi connectivity index (χ0n) is 13.3. The Hall–Kier alpha value is -1.30. The molecule has 1 saturated heterocycles. The minimum atomic E-state index is -0.740. The maximum Gasteiger partial charge on any atom is 0.411 e. The lowest BCUT2D eigenvalue weighted by molar-refractivity contribution is -0.154. The highest BCUT2D eigenvalue weighted by molar-refractivity contribution is 5.83. The molecular weight excluding hydrogens is 274 g/mol. The van der Waals surface area contributed by atoms with E-state index in [0.717, 1.165) is 0 Å². The summed E-state index contributed by atoms with van der Waals surface area (Å²) in [6.07, 6.45) is -0.472. The molecule has 21 heavy (non-hydrogen) atoms. The summed E-state index contributed by atoms with van der Waals surface area (Å²) in [7, 11) is 0. The van der Waals surface area contributed by atoms with Crippen molar-refractivity contribution in [2.24, 2.45) is 11.8 Å². The standard InChI is InChI=1S/C15H25NO5/c1-6-20-13(18)11-9-7-10(8(2)12(9)17)16(11)14(19)21-15(3,4)5/h8-12,17H,6-7H2,1-5H3/t8?,9-,10-,11-,12?/m0/s1. The Morgan fingerprint density at radius 3 is 2.48 bits per heavy atom. The van der Waals surface area contributed by atoms with E-state index in [0.29, 0.717) is 6.42 Å². The number of rotatable bonds is 2. The number of ether oxygens (including phenoxy) is 2. The molecule has 0 aromatic heterocycles. The van der Waals surface area contributed by atoms with Crippen molar-refractivity contribution in [1.82, 2.24) is 4.90 Å². The Morgan fingerprint density at radius 2 is 1.95 bits per heavy atom. The third-order valence-electron chi connectivity index (χ3n) is 4.29. The number of fused-ring (bicyclic) bond motifs is 2. The lowest BCUT2D eigenvalue weighted by atomic mass is 9.90. The topological polar surface area (TPSA) is 76.1 Å². The van der Waals surface area contributed by atoms with Gasteiger partial charge >= 0.3 is 12.1 Å². The number of nitrogens with zero attached hydrogens (tertiary/aromatic N) is 1. The molecule has 1 saturated carbocycles. The number of carbonyl (C=O) groups excluding carboxylic acids is 2. The quantitative estimate of drug-likeness (QED) is 0.783. The van der Waals surface area contributed by atoms with Gasteiger partial charge in [-0.25, -0.2) is 9.59 Å². The van der Waals surface area contributed by atoms with E-state index in [2.05, 4.69) is 0 Å². The molecule has 6 heteroatoms. The van der Waals surface area contributed by atoms with Crippen molar-refractivity contribution in [2.45, 2.75) is 64.8 Å². The van der Waals surface area contributed by atoms with Gasteiger partial charge in [0.1, 0.15) is 11.6 Å². The van der Waals surface area contributed by atoms with Crippen LogP contribution in [-0.2, 0) is 14.3 Å². The molecule has 0 aromatic carbocycles. The highest BCUT2D eigenvalue weighted by atomic mass is 16.6. The molecule has 1 aliphatic heterocycles. The molecule has 2 fully saturated rings. The first-order valence-electron chi connectivity index (χ1n) is 7.53. The molecular formula is C15H25NO5. The smallest absolute Gasteiger partial charge is 0.411 e. The number of piperidine rings is 1. The fraction of sp³-hybridized carbons (Fsp3) is 0.867. The van der Waals surface area contributed by atoms with E-state index in [9.17, 15) is 14.7 Å². The van der Waals surface area contributed by atoms with Gasteiger partial charge in [-0.05, 0) is 34.1 Å². The van der Waals surface area contributed by atoms with Crippen LogP contribution in [0.15, 0.2) is 0 Å². The van der Waals surface area contributed by atoms with Gasteiger partial charge in [-0.1, -0.05) is 6.92 Å². The Morgan fingerprint density at radius 1 is 1.33 bits per heavy atom. The van der Waals surface area contributed by atoms with Crippen molar-refractivity contribution in [2.75, 3.05) is 6.61 Å². The number of amides is 1. The summed E-state index contributed by atoms with van der Waals surface area (Å²) >= 11 is 0. The third kappa shape index (κ3) is 2.86. The van der Waals surface area contributed by atoms with Crippen molar-refractivity contribution in [3.8, 4) is 0 Å². The Bertz CT molecular complexity index is 430. The lowest BCUT2D eigenvalue weighted by Crippen LogP contribution is -2.57. The second-order valence-corrected chi connectivity index (χ2v) is 6.90. The van der Waals surface area contributed by atoms with Gasteiger partial charge in [0.15, 0.2) is 0 Å². The molecule has 1 heterocycles. The average Bonchev–Trinajstić information content (AvgIpc) is 2.86. The summed E-state index contributed by atoms with van der Waals surface area (Å²) in [5.41, 5.74) is -0.625. The van der Waals surface area contributed by atoms with Gasteiger partial charge in [0.05, 0.1) is 12.7 Å². The van der Waals surface area contributed by atoms with Gasteiger partial charge in [0.2, 0.25) is 0 Å². The minimum Gasteiger partial charge on any atom is -0.464 e. The summed E-state index contributed by atoms with van der Waals surface area (Å²) < 4.78 is 10.5. The molecule has 1 N–H and O–H groups in total. The zero-order valence-corrected chi connectivity index (χ0v) is 13.3. The van der Waals surface area contributed by atoms with Crippen LogP contribution in [0.25, 0.3) is 0 Å². The Labute approximate surface area is 125 Å². The van der Waals surface area contributed by atoms with Gasteiger partial charge in [0, 0.05) is 17.9 Å². The number of esters is 1. The highest BCUT2D eigenvalue weighted by Crippen LogP contribution is 2.46. The maximum absolute atomic E-state index is 12.4. The summed E-state index contributed by atoms with van der Waals surface area (Å²) in [5, 5.41) is 10.2. The number of aliphatic hydroxyl groups excluding tert-OH is 1. The average molecular weight is 299 g/mol. The zero-order chi connectivity index (χ0) is 15.9. The predicted octanol–water partition coefficient (Wildman–Crippen LogP) is 1.55. The largest absolute Gasteiger partial charge is 0.464 e. The third-order valence-corrected chi connectivity index (χ3v) is 4.29. The number of hydrogen-bond acceptors (Lipinski definition) is 5. The van der Waals surface area contributed by atoms with E-state index >= 15 is 0 Å². The molecule has 120 valence electrons. The summed E-state index contributed by atoms with van der Waals surface area (Å²) in [6, 6.07) is -0.912. The van der Waals surface area contributed by atoms with Crippen LogP contribution in [0.5, 0.6) is 0 Å². The molecule has 0 aromatic rings. The fourth-order valence-corrected chi connectivity index (χ4v) is 3.43. The van der Waals surface area contributed by atoms with E-state index in [-0.39, 0.29) is 24.5 Å². The van der Waals surface area contributed by atoms with Crippen LogP contribution >= 0.6 is 0 Å². The van der Waals surface area contributed by atoms with E-state index < -0.39 is 29.8 Å². The second kappa shape index (κ2) is 5.48. The predicted molar refractivity (Wildman–Crippen MR) is 75.6 cm³/mol. The summed E-state index contributed by atoms with van der Waals surface area (Å²) in [4.78, 5) is 26.1. The summed E-state index contributed by atoms with van der Waals surface area (Å²) in [6.45, 7) is 9.24. The van der Waals surface area contributed by atoms with Crippen LogP contribution in [0.1, 0.15) is 41.0 Å². The molecule has 2 unspecified atom stereocenters.